The fraction of sp³-hybridized carbons (Fsp3) is 0.348. The summed E-state index contributed by atoms with van der Waals surface area (Å²) < 4.78 is 34.2. The minimum Gasteiger partial charge on any atom is -0.493 e. The number of amides is 1. The van der Waals surface area contributed by atoms with E-state index in [4.69, 9.17) is 8.92 Å². The molecule has 0 spiro atoms. The highest BCUT2D eigenvalue weighted by Crippen LogP contribution is 2.43. The van der Waals surface area contributed by atoms with Crippen LogP contribution in [0.4, 0.5) is 0 Å². The SMILES string of the molecule is COc1cc(-c2cc3cc(CNCCN(C)C)ccc3[nH]2)c2c(c1OS(C)(=O)=O)CNC2=O.Cl.Cl. The Balaban J connectivity index is 0.00000216. The molecule has 12 heteroatoms. The predicted octanol–water partition coefficient (Wildman–Crippen LogP) is 2.92. The quantitative estimate of drug-likeness (QED) is 0.280. The molecule has 0 bridgehead atoms. The third-order valence-electron chi connectivity index (χ3n) is 5.49. The van der Waals surface area contributed by atoms with Gasteiger partial charge in [-0.3, -0.25) is 4.79 Å². The highest BCUT2D eigenvalue weighted by Gasteiger charge is 2.31. The van der Waals surface area contributed by atoms with Crippen LogP contribution in [0.25, 0.3) is 22.2 Å². The van der Waals surface area contributed by atoms with E-state index < -0.39 is 10.1 Å². The number of benzene rings is 2. The van der Waals surface area contributed by atoms with Crippen LogP contribution < -0.4 is 19.6 Å². The van der Waals surface area contributed by atoms with Crippen molar-refractivity contribution < 1.29 is 22.1 Å². The predicted molar refractivity (Wildman–Crippen MR) is 142 cm³/mol. The smallest absolute Gasteiger partial charge is 0.306 e. The van der Waals surface area contributed by atoms with Gasteiger partial charge in [0.05, 0.1) is 18.9 Å². The molecule has 2 heterocycles. The van der Waals surface area contributed by atoms with Gasteiger partial charge < -0.3 is 29.4 Å². The average molecular weight is 545 g/mol. The van der Waals surface area contributed by atoms with Gasteiger partial charge in [-0.15, -0.1) is 24.8 Å². The first kappa shape index (κ1) is 28.7. The Morgan fingerprint density at radius 3 is 2.54 bits per heavy atom. The summed E-state index contributed by atoms with van der Waals surface area (Å²) in [6.45, 7) is 2.77. The van der Waals surface area contributed by atoms with Crippen LogP contribution in [-0.2, 0) is 23.2 Å². The van der Waals surface area contributed by atoms with Crippen molar-refractivity contribution in [3.8, 4) is 22.8 Å². The fourth-order valence-corrected chi connectivity index (χ4v) is 4.44. The zero-order valence-electron chi connectivity index (χ0n) is 19.9. The van der Waals surface area contributed by atoms with E-state index in [-0.39, 0.29) is 48.8 Å². The number of fused-ring (bicyclic) bond motifs is 2. The monoisotopic (exact) mass is 544 g/mol. The van der Waals surface area contributed by atoms with Gasteiger partial charge in [0, 0.05) is 53.9 Å². The van der Waals surface area contributed by atoms with Crippen LogP contribution in [0.15, 0.2) is 30.3 Å². The molecule has 35 heavy (non-hydrogen) atoms. The van der Waals surface area contributed by atoms with E-state index in [1.54, 1.807) is 6.07 Å². The summed E-state index contributed by atoms with van der Waals surface area (Å²) in [4.78, 5) is 18.2. The third kappa shape index (κ3) is 6.39. The molecule has 0 aliphatic carbocycles. The Labute approximate surface area is 217 Å². The molecule has 0 unspecified atom stereocenters. The molecule has 0 fully saturated rings. The Morgan fingerprint density at radius 2 is 1.89 bits per heavy atom. The fourth-order valence-electron chi connectivity index (χ4n) is 3.96. The van der Waals surface area contributed by atoms with Gasteiger partial charge in [0.15, 0.2) is 11.5 Å². The van der Waals surface area contributed by atoms with Crippen molar-refractivity contribution in [1.82, 2.24) is 20.5 Å². The van der Waals surface area contributed by atoms with Gasteiger partial charge in [0.1, 0.15) is 0 Å². The molecule has 0 saturated carbocycles. The molecule has 1 aromatic heterocycles. The van der Waals surface area contributed by atoms with E-state index in [0.717, 1.165) is 48.1 Å². The van der Waals surface area contributed by atoms with Crippen molar-refractivity contribution in [2.75, 3.05) is 40.6 Å². The first-order chi connectivity index (χ1) is 15.7. The third-order valence-corrected chi connectivity index (χ3v) is 5.96. The number of rotatable bonds is 9. The van der Waals surface area contributed by atoms with E-state index in [1.807, 2.05) is 26.2 Å². The summed E-state index contributed by atoms with van der Waals surface area (Å²) in [5.41, 5.74) is 4.30. The van der Waals surface area contributed by atoms with Gasteiger partial charge in [-0.1, -0.05) is 6.07 Å². The number of nitrogens with zero attached hydrogens (tertiary/aromatic N) is 1. The zero-order chi connectivity index (χ0) is 23.8. The number of carbonyl (C=O) groups is 1. The van der Waals surface area contributed by atoms with Gasteiger partial charge in [0.2, 0.25) is 0 Å². The van der Waals surface area contributed by atoms with Gasteiger partial charge in [0.25, 0.3) is 5.91 Å². The molecule has 9 nitrogen and oxygen atoms in total. The molecule has 0 atom stereocenters. The summed E-state index contributed by atoms with van der Waals surface area (Å²) >= 11 is 0. The molecule has 1 aliphatic rings. The second kappa shape index (κ2) is 11.5. The molecule has 1 aliphatic heterocycles. The molecule has 3 N–H and O–H groups in total. The summed E-state index contributed by atoms with van der Waals surface area (Å²) in [7, 11) is 1.72. The molecule has 0 saturated heterocycles. The zero-order valence-corrected chi connectivity index (χ0v) is 22.4. The second-order valence-electron chi connectivity index (χ2n) is 8.36. The lowest BCUT2D eigenvalue weighted by atomic mass is 9.98. The number of halogens is 2. The van der Waals surface area contributed by atoms with E-state index in [9.17, 15) is 13.2 Å². The molecular weight excluding hydrogens is 515 g/mol. The van der Waals surface area contributed by atoms with Crippen LogP contribution in [0.5, 0.6) is 11.5 Å². The maximum absolute atomic E-state index is 12.7. The lowest BCUT2D eigenvalue weighted by Crippen LogP contribution is -2.26. The number of aromatic amines is 1. The van der Waals surface area contributed by atoms with Crippen LogP contribution in [0, 0.1) is 0 Å². The van der Waals surface area contributed by atoms with Crippen LogP contribution >= 0.6 is 24.8 Å². The lowest BCUT2D eigenvalue weighted by molar-refractivity contribution is 0.0966. The Bertz CT molecular complexity index is 1330. The van der Waals surface area contributed by atoms with E-state index in [1.165, 1.54) is 7.11 Å². The standard InChI is InChI=1S/C23H28N4O5S.2ClH/c1-27(2)8-7-24-12-14-5-6-18-15(9-14)10-19(26-18)16-11-20(31-3)22(32-33(4,29)30)17-13-25-23(28)21(16)17;;/h5-6,9-11,24,26H,7-8,12-13H2,1-4H3,(H,25,28);2*1H. The van der Waals surface area contributed by atoms with Crippen molar-refractivity contribution in [2.45, 2.75) is 13.1 Å². The molecular formula is C23H30Cl2N4O5S. The molecule has 192 valence electrons. The van der Waals surface area contributed by atoms with Crippen molar-refractivity contribution in [2.24, 2.45) is 0 Å². The number of hydrogen-bond donors (Lipinski definition) is 3. The summed E-state index contributed by atoms with van der Waals surface area (Å²) in [5.74, 6) is -0.000139. The number of H-pyrrole nitrogens is 1. The average Bonchev–Trinajstić information content (AvgIpc) is 3.34. The van der Waals surface area contributed by atoms with Gasteiger partial charge in [-0.25, -0.2) is 0 Å². The van der Waals surface area contributed by atoms with E-state index in [0.29, 0.717) is 16.7 Å². The highest BCUT2D eigenvalue weighted by molar-refractivity contribution is 7.86. The normalized spacial score (nSPS) is 12.7. The Morgan fingerprint density at radius 1 is 1.14 bits per heavy atom. The van der Waals surface area contributed by atoms with Crippen molar-refractivity contribution in [3.05, 3.63) is 47.0 Å². The maximum Gasteiger partial charge on any atom is 0.306 e. The van der Waals surface area contributed by atoms with Crippen LogP contribution in [0.3, 0.4) is 0 Å². The Hall–Kier alpha value is -2.50. The van der Waals surface area contributed by atoms with Crippen molar-refractivity contribution in [3.63, 3.8) is 0 Å². The van der Waals surface area contributed by atoms with Crippen LogP contribution in [0.2, 0.25) is 0 Å². The summed E-state index contributed by atoms with van der Waals surface area (Å²) in [5, 5.41) is 7.20. The first-order valence-corrected chi connectivity index (χ1v) is 12.4. The number of likely N-dealkylation sites (N-methyl/N-ethyl adjacent to an activating group) is 1. The molecule has 2 aromatic carbocycles. The minimum atomic E-state index is -3.80. The van der Waals surface area contributed by atoms with Gasteiger partial charge in [-0.05, 0) is 43.9 Å². The van der Waals surface area contributed by atoms with Crippen LogP contribution in [0.1, 0.15) is 21.5 Å². The van der Waals surface area contributed by atoms with Gasteiger partial charge in [-0.2, -0.15) is 8.42 Å². The number of nitrogens with one attached hydrogen (secondary N) is 3. The Kier molecular flexibility index (Phi) is 9.43. The van der Waals surface area contributed by atoms with E-state index in [2.05, 4.69) is 32.7 Å². The number of hydrogen-bond acceptors (Lipinski definition) is 7. The topological polar surface area (TPSA) is 113 Å². The second-order valence-corrected chi connectivity index (χ2v) is 9.94. The lowest BCUT2D eigenvalue weighted by Gasteiger charge is -2.15. The summed E-state index contributed by atoms with van der Waals surface area (Å²) in [6.07, 6.45) is 0.960. The highest BCUT2D eigenvalue weighted by atomic mass is 35.5. The molecule has 3 aromatic rings. The number of methoxy groups -OCH3 is 1. The van der Waals surface area contributed by atoms with Gasteiger partial charge >= 0.3 is 10.1 Å². The summed E-state index contributed by atoms with van der Waals surface area (Å²) in [6, 6.07) is 9.80. The minimum absolute atomic E-state index is 0. The van der Waals surface area contributed by atoms with Crippen molar-refractivity contribution >= 4 is 51.7 Å². The molecule has 0 radical (unpaired) electrons. The van der Waals surface area contributed by atoms with Crippen molar-refractivity contribution in [1.29, 1.82) is 0 Å². The molecule has 4 rings (SSSR count). The van der Waals surface area contributed by atoms with Crippen LogP contribution in [-0.4, -0.2) is 64.8 Å². The van der Waals surface area contributed by atoms with E-state index >= 15 is 0 Å². The maximum atomic E-state index is 12.7. The molecule has 1 amide bonds. The number of carbonyl (C=O) groups excluding carboxylic acids is 1. The number of aromatic nitrogens is 1. The number of ether oxygens (including phenoxy) is 1. The largest absolute Gasteiger partial charge is 0.493 e. The first-order valence-electron chi connectivity index (χ1n) is 10.6.